The molecule has 0 bridgehead atoms. The molecule has 3 rings (SSSR count). The molecule has 130 valence electrons. The Morgan fingerprint density at radius 3 is 2.68 bits per heavy atom. The fraction of sp³-hybridized carbons (Fsp3) is 0.222. The van der Waals surface area contributed by atoms with E-state index in [4.69, 9.17) is 14.2 Å². The second kappa shape index (κ2) is 6.72. The average molecular weight is 342 g/mol. The van der Waals surface area contributed by atoms with Crippen LogP contribution in [0.25, 0.3) is 0 Å². The molecule has 0 aliphatic carbocycles. The van der Waals surface area contributed by atoms with Gasteiger partial charge >= 0.3 is 0 Å². The average Bonchev–Trinajstić information content (AvgIpc) is 2.62. The molecule has 1 aliphatic heterocycles. The number of hydrogen-bond acceptors (Lipinski definition) is 5. The fourth-order valence-corrected chi connectivity index (χ4v) is 2.45. The van der Waals surface area contributed by atoms with Crippen molar-refractivity contribution in [2.24, 2.45) is 0 Å². The number of nitrogens with one attached hydrogen (secondary N) is 2. The molecule has 1 atom stereocenters. The number of benzene rings is 2. The van der Waals surface area contributed by atoms with E-state index in [2.05, 4.69) is 10.6 Å². The molecule has 1 unspecified atom stereocenters. The van der Waals surface area contributed by atoms with Crippen LogP contribution in [0, 0.1) is 0 Å². The summed E-state index contributed by atoms with van der Waals surface area (Å²) in [5, 5.41) is 5.52. The SMILES string of the molecule is COc1ccc(OC)c(NC(=O)c2ccc3c(c2)OC(C)C(=O)N3)c1. The Hall–Kier alpha value is -3.22. The highest BCUT2D eigenvalue weighted by Crippen LogP contribution is 2.32. The Labute approximate surface area is 144 Å². The van der Waals surface area contributed by atoms with Crippen molar-refractivity contribution in [3.63, 3.8) is 0 Å². The minimum atomic E-state index is -0.607. The monoisotopic (exact) mass is 342 g/mol. The molecular formula is C18H18N2O5. The van der Waals surface area contributed by atoms with Gasteiger partial charge in [0.15, 0.2) is 6.10 Å². The Kier molecular flexibility index (Phi) is 4.47. The predicted octanol–water partition coefficient (Wildman–Crippen LogP) is 2.68. The van der Waals surface area contributed by atoms with Crippen LogP contribution in [0.1, 0.15) is 17.3 Å². The molecule has 0 saturated carbocycles. The molecule has 1 aliphatic rings. The van der Waals surface area contributed by atoms with Crippen molar-refractivity contribution in [2.75, 3.05) is 24.9 Å². The summed E-state index contributed by atoms with van der Waals surface area (Å²) in [5.74, 6) is 1.02. The number of anilines is 2. The van der Waals surface area contributed by atoms with E-state index in [-0.39, 0.29) is 11.8 Å². The summed E-state index contributed by atoms with van der Waals surface area (Å²) < 4.78 is 16.0. The molecule has 0 spiro atoms. The summed E-state index contributed by atoms with van der Waals surface area (Å²) in [7, 11) is 3.07. The zero-order valence-corrected chi connectivity index (χ0v) is 14.1. The van der Waals surface area contributed by atoms with Crippen LogP contribution in [0.15, 0.2) is 36.4 Å². The van der Waals surface area contributed by atoms with Gasteiger partial charge < -0.3 is 24.8 Å². The molecule has 2 aromatic rings. The summed E-state index contributed by atoms with van der Waals surface area (Å²) in [6.07, 6.45) is -0.607. The molecule has 7 nitrogen and oxygen atoms in total. The van der Waals surface area contributed by atoms with Crippen LogP contribution in [-0.2, 0) is 4.79 Å². The largest absolute Gasteiger partial charge is 0.497 e. The van der Waals surface area contributed by atoms with E-state index < -0.39 is 6.10 Å². The van der Waals surface area contributed by atoms with Gasteiger partial charge in [0, 0.05) is 11.6 Å². The Balaban J connectivity index is 1.85. The quantitative estimate of drug-likeness (QED) is 0.892. The van der Waals surface area contributed by atoms with Crippen LogP contribution in [-0.4, -0.2) is 32.1 Å². The molecule has 1 heterocycles. The highest BCUT2D eigenvalue weighted by molar-refractivity contribution is 6.06. The van der Waals surface area contributed by atoms with Crippen molar-refractivity contribution in [1.82, 2.24) is 0 Å². The molecule has 25 heavy (non-hydrogen) atoms. The molecule has 7 heteroatoms. The van der Waals surface area contributed by atoms with Crippen molar-refractivity contribution in [1.29, 1.82) is 0 Å². The van der Waals surface area contributed by atoms with Crippen LogP contribution in [0.5, 0.6) is 17.2 Å². The first kappa shape index (κ1) is 16.6. The van der Waals surface area contributed by atoms with E-state index in [1.807, 2.05) is 0 Å². The first-order valence-corrected chi connectivity index (χ1v) is 7.66. The van der Waals surface area contributed by atoms with Crippen molar-refractivity contribution >= 4 is 23.2 Å². The summed E-state index contributed by atoms with van der Waals surface area (Å²) in [6.45, 7) is 1.64. The van der Waals surface area contributed by atoms with Crippen LogP contribution in [0.4, 0.5) is 11.4 Å². The Morgan fingerprint density at radius 2 is 1.96 bits per heavy atom. The molecule has 0 radical (unpaired) electrons. The minimum absolute atomic E-state index is 0.217. The lowest BCUT2D eigenvalue weighted by atomic mass is 10.1. The molecule has 2 aromatic carbocycles. The van der Waals surface area contributed by atoms with Gasteiger partial charge in [-0.2, -0.15) is 0 Å². The van der Waals surface area contributed by atoms with Gasteiger partial charge in [-0.05, 0) is 37.3 Å². The van der Waals surface area contributed by atoms with E-state index in [0.717, 1.165) is 0 Å². The van der Waals surface area contributed by atoms with Crippen molar-refractivity contribution in [2.45, 2.75) is 13.0 Å². The Bertz CT molecular complexity index is 834. The van der Waals surface area contributed by atoms with Gasteiger partial charge in [-0.25, -0.2) is 0 Å². The Morgan fingerprint density at radius 1 is 1.16 bits per heavy atom. The molecular weight excluding hydrogens is 324 g/mol. The predicted molar refractivity (Wildman–Crippen MR) is 92.7 cm³/mol. The standard InChI is InChI=1S/C18H18N2O5/c1-10-17(21)19-13-6-4-11(8-16(13)25-10)18(22)20-14-9-12(23-2)5-7-15(14)24-3/h4-10H,1-3H3,(H,19,21)(H,20,22). The number of carbonyl (C=O) groups is 2. The van der Waals surface area contributed by atoms with E-state index in [1.165, 1.54) is 7.11 Å². The normalized spacial score (nSPS) is 15.5. The van der Waals surface area contributed by atoms with E-state index in [0.29, 0.717) is 34.2 Å². The highest BCUT2D eigenvalue weighted by atomic mass is 16.5. The van der Waals surface area contributed by atoms with Crippen molar-refractivity contribution < 1.29 is 23.8 Å². The number of amides is 2. The van der Waals surface area contributed by atoms with Gasteiger partial charge in [0.1, 0.15) is 17.2 Å². The van der Waals surface area contributed by atoms with E-state index >= 15 is 0 Å². The number of ether oxygens (including phenoxy) is 3. The lowest BCUT2D eigenvalue weighted by Gasteiger charge is -2.23. The third-order valence-electron chi connectivity index (χ3n) is 3.83. The maximum absolute atomic E-state index is 12.6. The maximum Gasteiger partial charge on any atom is 0.265 e. The number of rotatable bonds is 4. The minimum Gasteiger partial charge on any atom is -0.497 e. The number of methoxy groups -OCH3 is 2. The smallest absolute Gasteiger partial charge is 0.265 e. The molecule has 0 fully saturated rings. The lowest BCUT2D eigenvalue weighted by Crippen LogP contribution is -2.34. The number of fused-ring (bicyclic) bond motifs is 1. The van der Waals surface area contributed by atoms with E-state index in [1.54, 1.807) is 50.4 Å². The van der Waals surface area contributed by atoms with E-state index in [9.17, 15) is 9.59 Å². The zero-order valence-electron chi connectivity index (χ0n) is 14.1. The van der Waals surface area contributed by atoms with Gasteiger partial charge in [0.2, 0.25) is 0 Å². The number of carbonyl (C=O) groups excluding carboxylic acids is 2. The summed E-state index contributed by atoms with van der Waals surface area (Å²) in [4.78, 5) is 24.2. The fourth-order valence-electron chi connectivity index (χ4n) is 2.45. The summed E-state index contributed by atoms with van der Waals surface area (Å²) >= 11 is 0. The van der Waals surface area contributed by atoms with Gasteiger partial charge in [0.05, 0.1) is 25.6 Å². The van der Waals surface area contributed by atoms with Crippen molar-refractivity contribution in [3.05, 3.63) is 42.0 Å². The topological polar surface area (TPSA) is 85.9 Å². The first-order chi connectivity index (χ1) is 12.0. The molecule has 0 saturated heterocycles. The van der Waals surface area contributed by atoms with Gasteiger partial charge in [-0.1, -0.05) is 0 Å². The lowest BCUT2D eigenvalue weighted by molar-refractivity contribution is -0.122. The molecule has 2 amide bonds. The van der Waals surface area contributed by atoms with Crippen LogP contribution < -0.4 is 24.8 Å². The third kappa shape index (κ3) is 3.35. The number of hydrogen-bond donors (Lipinski definition) is 2. The van der Waals surface area contributed by atoms with Crippen molar-refractivity contribution in [3.8, 4) is 17.2 Å². The van der Waals surface area contributed by atoms with Crippen LogP contribution in [0.3, 0.4) is 0 Å². The second-order valence-electron chi connectivity index (χ2n) is 5.48. The van der Waals surface area contributed by atoms with Crippen LogP contribution >= 0.6 is 0 Å². The summed E-state index contributed by atoms with van der Waals surface area (Å²) in [6, 6.07) is 9.96. The first-order valence-electron chi connectivity index (χ1n) is 7.66. The maximum atomic E-state index is 12.6. The highest BCUT2D eigenvalue weighted by Gasteiger charge is 2.24. The molecule has 0 aromatic heterocycles. The summed E-state index contributed by atoms with van der Waals surface area (Å²) in [5.41, 5.74) is 1.43. The third-order valence-corrected chi connectivity index (χ3v) is 3.83. The zero-order chi connectivity index (χ0) is 18.0. The van der Waals surface area contributed by atoms with Gasteiger partial charge in [-0.15, -0.1) is 0 Å². The van der Waals surface area contributed by atoms with Gasteiger partial charge in [0.25, 0.3) is 11.8 Å². The van der Waals surface area contributed by atoms with Gasteiger partial charge in [-0.3, -0.25) is 9.59 Å². The second-order valence-corrected chi connectivity index (χ2v) is 5.48. The van der Waals surface area contributed by atoms with Crippen LogP contribution in [0.2, 0.25) is 0 Å². The molecule has 2 N–H and O–H groups in total.